The van der Waals surface area contributed by atoms with E-state index in [0.29, 0.717) is 0 Å². The number of hydrogen-bond acceptors (Lipinski definition) is 3. The summed E-state index contributed by atoms with van der Waals surface area (Å²) in [5.41, 5.74) is -1.35. The van der Waals surface area contributed by atoms with Gasteiger partial charge in [-0.15, -0.1) is 0 Å². The van der Waals surface area contributed by atoms with Gasteiger partial charge < -0.3 is 9.84 Å². The Morgan fingerprint density at radius 2 is 2.55 bits per heavy atom. The van der Waals surface area contributed by atoms with Crippen molar-refractivity contribution >= 4 is 12.2 Å². The molecule has 0 spiro atoms. The van der Waals surface area contributed by atoms with Crippen LogP contribution in [0.5, 0.6) is 0 Å². The highest BCUT2D eigenvalue weighted by molar-refractivity contribution is 5.98. The summed E-state index contributed by atoms with van der Waals surface area (Å²) >= 11 is 0. The second kappa shape index (κ2) is 2.74. The molecule has 1 aliphatic heterocycles. The van der Waals surface area contributed by atoms with Crippen molar-refractivity contribution in [2.45, 2.75) is 12.0 Å². The Bertz CT molecular complexity index is 222. The first-order valence-corrected chi connectivity index (χ1v) is 3.11. The zero-order valence-electron chi connectivity index (χ0n) is 5.86. The first-order valence-electron chi connectivity index (χ1n) is 3.11. The molecule has 0 aliphatic carbocycles. The van der Waals surface area contributed by atoms with Crippen molar-refractivity contribution in [3.8, 4) is 0 Å². The summed E-state index contributed by atoms with van der Waals surface area (Å²) in [5.74, 6) is -1.07. The monoisotopic (exact) mass is 154 g/mol. The highest BCUT2D eigenvalue weighted by Gasteiger charge is 2.37. The van der Waals surface area contributed by atoms with Crippen LogP contribution in [-0.4, -0.2) is 22.9 Å². The van der Waals surface area contributed by atoms with Gasteiger partial charge >= 0.3 is 5.97 Å². The Morgan fingerprint density at radius 3 is 2.82 bits per heavy atom. The highest BCUT2D eigenvalue weighted by Crippen LogP contribution is 2.16. The zero-order valence-corrected chi connectivity index (χ0v) is 5.86. The highest BCUT2D eigenvalue weighted by atomic mass is 16.5. The van der Waals surface area contributed by atoms with Crippen LogP contribution in [0.2, 0.25) is 0 Å². The molecule has 1 rings (SSSR count). The van der Waals surface area contributed by atoms with Gasteiger partial charge in [-0.2, -0.15) is 0 Å². The number of rotatable bonds is 2. The number of ether oxygens (including phenoxy) is 1. The summed E-state index contributed by atoms with van der Waals surface area (Å²) in [6.07, 6.45) is 3.99. The van der Waals surface area contributed by atoms with Crippen LogP contribution in [0.25, 0.3) is 0 Å². The molecule has 1 heterocycles. The summed E-state index contributed by atoms with van der Waals surface area (Å²) in [4.78, 5) is 14.3. The SMILES string of the molecule is [CH2]CC1(C(=O)O)C=NC=CO1. The Morgan fingerprint density at radius 1 is 1.82 bits per heavy atom. The van der Waals surface area contributed by atoms with Gasteiger partial charge in [0.15, 0.2) is 0 Å². The molecule has 1 atom stereocenters. The maximum atomic E-state index is 10.6. The maximum Gasteiger partial charge on any atom is 0.353 e. The lowest BCUT2D eigenvalue weighted by molar-refractivity contribution is -0.151. The average molecular weight is 154 g/mol. The van der Waals surface area contributed by atoms with Crippen molar-refractivity contribution in [1.82, 2.24) is 0 Å². The maximum absolute atomic E-state index is 10.6. The molecular formula is C7H8NO3. The molecule has 0 aromatic carbocycles. The normalized spacial score (nSPS) is 28.1. The lowest BCUT2D eigenvalue weighted by Crippen LogP contribution is -2.42. The van der Waals surface area contributed by atoms with Crippen LogP contribution in [0, 0.1) is 6.92 Å². The molecule has 0 bridgehead atoms. The molecule has 0 saturated heterocycles. The number of hydrogen-bond donors (Lipinski definition) is 1. The van der Waals surface area contributed by atoms with Crippen LogP contribution < -0.4 is 0 Å². The molecule has 0 fully saturated rings. The Kier molecular flexibility index (Phi) is 1.94. The van der Waals surface area contributed by atoms with Crippen LogP contribution in [0.1, 0.15) is 6.42 Å². The van der Waals surface area contributed by atoms with E-state index in [1.807, 2.05) is 0 Å². The summed E-state index contributed by atoms with van der Waals surface area (Å²) < 4.78 is 4.88. The van der Waals surface area contributed by atoms with Gasteiger partial charge in [0.2, 0.25) is 5.60 Å². The predicted octanol–water partition coefficient (Wildman–Crippen LogP) is 0.606. The van der Waals surface area contributed by atoms with Crippen LogP contribution in [0.15, 0.2) is 17.5 Å². The van der Waals surface area contributed by atoms with Gasteiger partial charge in [-0.05, 0) is 6.92 Å². The number of carbonyl (C=O) groups is 1. The molecule has 1 unspecified atom stereocenters. The van der Waals surface area contributed by atoms with E-state index >= 15 is 0 Å². The van der Waals surface area contributed by atoms with Crippen LogP contribution in [-0.2, 0) is 9.53 Å². The second-order valence-electron chi connectivity index (χ2n) is 2.13. The van der Waals surface area contributed by atoms with Crippen LogP contribution in [0.3, 0.4) is 0 Å². The van der Waals surface area contributed by atoms with Crippen molar-refractivity contribution in [2.75, 3.05) is 0 Å². The second-order valence-corrected chi connectivity index (χ2v) is 2.13. The van der Waals surface area contributed by atoms with E-state index in [9.17, 15) is 4.79 Å². The van der Waals surface area contributed by atoms with E-state index in [-0.39, 0.29) is 6.42 Å². The fourth-order valence-electron chi connectivity index (χ4n) is 0.717. The summed E-state index contributed by atoms with van der Waals surface area (Å²) in [6, 6.07) is 0. The largest absolute Gasteiger partial charge is 0.478 e. The van der Waals surface area contributed by atoms with Gasteiger partial charge in [-0.25, -0.2) is 4.79 Å². The molecule has 11 heavy (non-hydrogen) atoms. The zero-order chi connectivity index (χ0) is 8.32. The number of carboxylic acid groups (broad SMARTS) is 1. The van der Waals surface area contributed by atoms with Crippen molar-refractivity contribution in [3.05, 3.63) is 19.4 Å². The van der Waals surface area contributed by atoms with Gasteiger partial charge in [0.25, 0.3) is 0 Å². The van der Waals surface area contributed by atoms with Crippen molar-refractivity contribution in [2.24, 2.45) is 4.99 Å². The molecule has 1 radical (unpaired) electrons. The predicted molar refractivity (Wildman–Crippen MR) is 39.1 cm³/mol. The number of carboxylic acids is 1. The number of nitrogens with zero attached hydrogens (tertiary/aromatic N) is 1. The van der Waals surface area contributed by atoms with Crippen molar-refractivity contribution < 1.29 is 14.6 Å². The molecule has 4 nitrogen and oxygen atoms in total. The van der Waals surface area contributed by atoms with Gasteiger partial charge in [-0.1, -0.05) is 0 Å². The fourth-order valence-corrected chi connectivity index (χ4v) is 0.717. The van der Waals surface area contributed by atoms with Gasteiger partial charge in [-0.3, -0.25) is 4.99 Å². The molecule has 0 aromatic rings. The van der Waals surface area contributed by atoms with E-state index in [2.05, 4.69) is 11.9 Å². The molecule has 1 N–H and O–H groups in total. The van der Waals surface area contributed by atoms with Gasteiger partial charge in [0, 0.05) is 6.42 Å². The Balaban J connectivity index is 2.85. The number of aliphatic imine (C=N–C) groups is 1. The molecule has 0 amide bonds. The number of aliphatic carboxylic acids is 1. The third-order valence-corrected chi connectivity index (χ3v) is 1.44. The standard InChI is InChI=1S/C7H8NO3/c1-2-7(6(9)10)5-8-3-4-11-7/h3-5H,1-2H2,(H,9,10). The summed E-state index contributed by atoms with van der Waals surface area (Å²) in [6.45, 7) is 3.47. The van der Waals surface area contributed by atoms with Gasteiger partial charge in [0.1, 0.15) is 6.26 Å². The molecule has 4 heteroatoms. The van der Waals surface area contributed by atoms with Crippen molar-refractivity contribution in [1.29, 1.82) is 0 Å². The Hall–Kier alpha value is -1.32. The van der Waals surface area contributed by atoms with E-state index in [1.54, 1.807) is 0 Å². The smallest absolute Gasteiger partial charge is 0.353 e. The van der Waals surface area contributed by atoms with E-state index < -0.39 is 11.6 Å². The van der Waals surface area contributed by atoms with Crippen LogP contribution in [0.4, 0.5) is 0 Å². The third-order valence-electron chi connectivity index (χ3n) is 1.44. The third kappa shape index (κ3) is 1.24. The lowest BCUT2D eigenvalue weighted by atomic mass is 10.0. The van der Waals surface area contributed by atoms with Crippen LogP contribution >= 0.6 is 0 Å². The molecule has 1 aliphatic rings. The quantitative estimate of drug-likeness (QED) is 0.633. The minimum atomic E-state index is -1.35. The fraction of sp³-hybridized carbons (Fsp3) is 0.286. The average Bonchev–Trinajstić information content (AvgIpc) is 2.05. The van der Waals surface area contributed by atoms with E-state index in [0.717, 1.165) is 0 Å². The first-order chi connectivity index (χ1) is 5.21. The Labute approximate surface area is 64.2 Å². The topological polar surface area (TPSA) is 58.9 Å². The minimum Gasteiger partial charge on any atom is -0.478 e. The lowest BCUT2D eigenvalue weighted by Gasteiger charge is -2.24. The summed E-state index contributed by atoms with van der Waals surface area (Å²) in [5, 5.41) is 8.70. The van der Waals surface area contributed by atoms with E-state index in [4.69, 9.17) is 9.84 Å². The molecule has 59 valence electrons. The first kappa shape index (κ1) is 7.78. The van der Waals surface area contributed by atoms with Crippen molar-refractivity contribution in [3.63, 3.8) is 0 Å². The van der Waals surface area contributed by atoms with Gasteiger partial charge in [0.05, 0.1) is 12.4 Å². The summed E-state index contributed by atoms with van der Waals surface area (Å²) in [7, 11) is 0. The minimum absolute atomic E-state index is 0.121. The molecule has 0 saturated carbocycles. The molecule has 0 aromatic heterocycles. The molecular weight excluding hydrogens is 146 g/mol. The van der Waals surface area contributed by atoms with E-state index in [1.165, 1.54) is 18.7 Å².